The Morgan fingerprint density at radius 2 is 1.96 bits per heavy atom. The topological polar surface area (TPSA) is 67.4 Å². The fourth-order valence-corrected chi connectivity index (χ4v) is 3.15. The fourth-order valence-electron chi connectivity index (χ4n) is 2.32. The molecule has 0 aromatic heterocycles. The molecule has 1 atom stereocenters. The molecule has 24 heavy (non-hydrogen) atoms. The molecule has 2 aromatic carbocycles. The van der Waals surface area contributed by atoms with Gasteiger partial charge in [-0.15, -0.1) is 0 Å². The zero-order chi connectivity index (χ0) is 17.3. The van der Waals surface area contributed by atoms with Crippen LogP contribution in [0.3, 0.4) is 0 Å². The van der Waals surface area contributed by atoms with Crippen LogP contribution in [0.2, 0.25) is 10.0 Å². The Bertz CT molecular complexity index is 812. The number of halogens is 3. The zero-order valence-corrected chi connectivity index (χ0v) is 15.2. The Labute approximate surface area is 156 Å². The highest BCUT2D eigenvalue weighted by atomic mass is 79.9. The molecule has 0 fully saturated rings. The van der Waals surface area contributed by atoms with E-state index in [9.17, 15) is 9.59 Å². The van der Waals surface area contributed by atoms with E-state index in [4.69, 9.17) is 27.9 Å². The average Bonchev–Trinajstić information content (AvgIpc) is 2.69. The van der Waals surface area contributed by atoms with E-state index in [2.05, 4.69) is 26.6 Å². The maximum absolute atomic E-state index is 12.7. The third-order valence-corrected chi connectivity index (χ3v) is 4.40. The molecule has 8 heteroatoms. The van der Waals surface area contributed by atoms with E-state index in [1.165, 1.54) is 6.07 Å². The summed E-state index contributed by atoms with van der Waals surface area (Å²) in [4.78, 5) is 24.5. The Balaban J connectivity index is 1.95. The smallest absolute Gasteiger partial charge is 0.258 e. The second-order valence-corrected chi connectivity index (χ2v) is 6.85. The summed E-state index contributed by atoms with van der Waals surface area (Å²) in [6.45, 7) is -0.226. The van der Waals surface area contributed by atoms with Gasteiger partial charge in [0.15, 0.2) is 6.61 Å². The molecule has 1 aliphatic heterocycles. The van der Waals surface area contributed by atoms with Gasteiger partial charge in [0.25, 0.3) is 11.8 Å². The number of amides is 2. The number of ether oxygens (including phenoxy) is 1. The van der Waals surface area contributed by atoms with Crippen LogP contribution < -0.4 is 15.4 Å². The number of anilines is 1. The molecule has 0 aliphatic carbocycles. The predicted molar refractivity (Wildman–Crippen MR) is 95.6 cm³/mol. The van der Waals surface area contributed by atoms with Crippen LogP contribution >= 0.6 is 39.1 Å². The quantitative estimate of drug-likeness (QED) is 0.759. The van der Waals surface area contributed by atoms with Gasteiger partial charge in [-0.2, -0.15) is 0 Å². The molecule has 124 valence electrons. The Kier molecular flexibility index (Phi) is 4.99. The van der Waals surface area contributed by atoms with Crippen LogP contribution in [-0.4, -0.2) is 18.4 Å². The van der Waals surface area contributed by atoms with Crippen molar-refractivity contribution in [1.29, 1.82) is 0 Å². The number of hydrogen-bond acceptors (Lipinski definition) is 3. The molecule has 0 saturated heterocycles. The van der Waals surface area contributed by atoms with Gasteiger partial charge >= 0.3 is 0 Å². The first-order valence-electron chi connectivity index (χ1n) is 6.91. The first-order valence-corrected chi connectivity index (χ1v) is 8.46. The predicted octanol–water partition coefficient (Wildman–Crippen LogP) is 3.94. The highest BCUT2D eigenvalue weighted by Crippen LogP contribution is 2.37. The molecule has 2 aromatic rings. The molecule has 2 amide bonds. The van der Waals surface area contributed by atoms with Crippen molar-refractivity contribution in [2.24, 2.45) is 0 Å². The molecule has 0 bridgehead atoms. The maximum Gasteiger partial charge on any atom is 0.258 e. The summed E-state index contributed by atoms with van der Waals surface area (Å²) < 4.78 is 6.29. The van der Waals surface area contributed by atoms with Crippen LogP contribution in [0.25, 0.3) is 0 Å². The number of nitrogens with one attached hydrogen (secondary N) is 2. The number of fused-ring (bicyclic) bond motifs is 1. The van der Waals surface area contributed by atoms with E-state index in [1.807, 2.05) is 0 Å². The second-order valence-electron chi connectivity index (χ2n) is 5.09. The number of carbonyl (C=O) groups excluding carboxylic acids is 2. The lowest BCUT2D eigenvalue weighted by Crippen LogP contribution is -2.37. The molecular formula is C16H11BrCl2N2O3. The van der Waals surface area contributed by atoms with Gasteiger partial charge in [0.05, 0.1) is 5.02 Å². The van der Waals surface area contributed by atoms with Gasteiger partial charge in [0, 0.05) is 20.7 Å². The fraction of sp³-hybridized carbons (Fsp3) is 0.125. The zero-order valence-electron chi connectivity index (χ0n) is 12.1. The Morgan fingerprint density at radius 1 is 1.25 bits per heavy atom. The summed E-state index contributed by atoms with van der Waals surface area (Å²) in [5, 5.41) is 5.96. The van der Waals surface area contributed by atoms with Gasteiger partial charge in [0.1, 0.15) is 11.8 Å². The molecule has 1 unspecified atom stereocenters. The molecule has 3 rings (SSSR count). The van der Waals surface area contributed by atoms with E-state index >= 15 is 0 Å². The molecule has 0 spiro atoms. The Morgan fingerprint density at radius 3 is 2.67 bits per heavy atom. The van der Waals surface area contributed by atoms with E-state index in [0.717, 1.165) is 4.47 Å². The van der Waals surface area contributed by atoms with Crippen LogP contribution in [0.5, 0.6) is 5.75 Å². The number of carbonyl (C=O) groups is 2. The molecule has 1 heterocycles. The van der Waals surface area contributed by atoms with Crippen molar-refractivity contribution >= 4 is 56.6 Å². The van der Waals surface area contributed by atoms with Crippen molar-refractivity contribution in [2.75, 3.05) is 11.9 Å². The lowest BCUT2D eigenvalue weighted by molar-refractivity contribution is -0.127. The minimum absolute atomic E-state index is 0.226. The van der Waals surface area contributed by atoms with Crippen LogP contribution in [0.1, 0.15) is 11.6 Å². The second kappa shape index (κ2) is 7.01. The van der Waals surface area contributed by atoms with E-state index in [0.29, 0.717) is 16.3 Å². The number of rotatable bonds is 2. The van der Waals surface area contributed by atoms with Crippen molar-refractivity contribution in [3.63, 3.8) is 0 Å². The van der Waals surface area contributed by atoms with E-state index in [1.54, 1.807) is 30.3 Å². The largest absolute Gasteiger partial charge is 0.482 e. The molecule has 0 saturated carbocycles. The van der Waals surface area contributed by atoms with Crippen molar-refractivity contribution in [2.45, 2.75) is 6.04 Å². The van der Waals surface area contributed by atoms with Gasteiger partial charge in [-0.25, -0.2) is 0 Å². The summed E-state index contributed by atoms with van der Waals surface area (Å²) in [5.41, 5.74) is 1.00. The number of benzene rings is 2. The van der Waals surface area contributed by atoms with Crippen LogP contribution in [-0.2, 0) is 9.59 Å². The normalized spacial score (nSPS) is 16.5. The highest BCUT2D eigenvalue weighted by molar-refractivity contribution is 9.10. The summed E-state index contributed by atoms with van der Waals surface area (Å²) in [6, 6.07) is 9.17. The highest BCUT2D eigenvalue weighted by Gasteiger charge is 2.31. The minimum Gasteiger partial charge on any atom is -0.482 e. The summed E-state index contributed by atoms with van der Waals surface area (Å²) in [5.74, 6) is -0.569. The SMILES string of the molecule is O=C1COc2c(Cl)cc(Cl)cc2C(C(=O)Nc2ccc(Br)cc2)N1. The van der Waals surface area contributed by atoms with Gasteiger partial charge in [-0.3, -0.25) is 9.59 Å². The van der Waals surface area contributed by atoms with E-state index in [-0.39, 0.29) is 17.4 Å². The summed E-state index contributed by atoms with van der Waals surface area (Å²) in [7, 11) is 0. The molecule has 5 nitrogen and oxygen atoms in total. The lowest BCUT2D eigenvalue weighted by Gasteiger charge is -2.18. The molecule has 1 aliphatic rings. The third kappa shape index (κ3) is 3.66. The van der Waals surface area contributed by atoms with Crippen molar-refractivity contribution in [3.05, 3.63) is 56.5 Å². The first-order chi connectivity index (χ1) is 11.4. The third-order valence-electron chi connectivity index (χ3n) is 3.37. The minimum atomic E-state index is -0.963. The van der Waals surface area contributed by atoms with Gasteiger partial charge in [-0.05, 0) is 36.4 Å². The van der Waals surface area contributed by atoms with Gasteiger partial charge in [-0.1, -0.05) is 39.1 Å². The maximum atomic E-state index is 12.7. The standard InChI is InChI=1S/C16H11BrCl2N2O3/c17-8-1-3-10(4-2-8)20-16(23)14-11-5-9(18)6-12(19)15(11)24-7-13(22)21-14/h1-6,14H,7H2,(H,20,23)(H,21,22). The monoisotopic (exact) mass is 428 g/mol. The van der Waals surface area contributed by atoms with Crippen molar-refractivity contribution < 1.29 is 14.3 Å². The molecular weight excluding hydrogens is 419 g/mol. The van der Waals surface area contributed by atoms with Crippen molar-refractivity contribution in [3.8, 4) is 5.75 Å². The Hall–Kier alpha value is -1.76. The van der Waals surface area contributed by atoms with Crippen LogP contribution in [0.4, 0.5) is 5.69 Å². The van der Waals surface area contributed by atoms with E-state index < -0.39 is 17.9 Å². The lowest BCUT2D eigenvalue weighted by atomic mass is 10.0. The summed E-state index contributed by atoms with van der Waals surface area (Å²) >= 11 is 15.5. The molecule has 0 radical (unpaired) electrons. The summed E-state index contributed by atoms with van der Waals surface area (Å²) in [6.07, 6.45) is 0. The van der Waals surface area contributed by atoms with Crippen LogP contribution in [0.15, 0.2) is 40.9 Å². The van der Waals surface area contributed by atoms with Gasteiger partial charge < -0.3 is 15.4 Å². The molecule has 2 N–H and O–H groups in total. The average molecular weight is 430 g/mol. The first kappa shape index (κ1) is 17.1. The van der Waals surface area contributed by atoms with Crippen LogP contribution in [0, 0.1) is 0 Å². The van der Waals surface area contributed by atoms with Crippen molar-refractivity contribution in [1.82, 2.24) is 5.32 Å². The van der Waals surface area contributed by atoms with Gasteiger partial charge in [0.2, 0.25) is 0 Å². The number of hydrogen-bond donors (Lipinski definition) is 2.